The first-order valence-corrected chi connectivity index (χ1v) is 9.57. The summed E-state index contributed by atoms with van der Waals surface area (Å²) in [6.45, 7) is 6.57. The molecule has 3 N–H and O–H groups in total. The number of nitrogens with one attached hydrogen (secondary N) is 1. The quantitative estimate of drug-likeness (QED) is 0.638. The van der Waals surface area contributed by atoms with Crippen LogP contribution in [-0.4, -0.2) is 31.8 Å². The fourth-order valence-electron chi connectivity index (χ4n) is 2.36. The van der Waals surface area contributed by atoms with Gasteiger partial charge in [-0.1, -0.05) is 25.6 Å². The molecule has 2 rings (SSSR count). The molecule has 0 aliphatic carbocycles. The molecular formula is C18H24FN5O2S. The summed E-state index contributed by atoms with van der Waals surface area (Å²) in [5.41, 5.74) is 5.75. The Morgan fingerprint density at radius 3 is 2.48 bits per heavy atom. The molecule has 0 aliphatic heterocycles. The van der Waals surface area contributed by atoms with Gasteiger partial charge in [0.05, 0.1) is 5.25 Å². The number of primary amides is 1. The average molecular weight is 393 g/mol. The smallest absolute Gasteiger partial charge is 0.237 e. The largest absolute Gasteiger partial charge is 0.370 e. The van der Waals surface area contributed by atoms with E-state index in [0.717, 1.165) is 0 Å². The molecule has 0 unspecified atom stereocenters. The third-order valence-electron chi connectivity index (χ3n) is 3.70. The predicted octanol–water partition coefficient (Wildman–Crippen LogP) is 2.61. The van der Waals surface area contributed by atoms with Crippen LogP contribution in [0.4, 0.5) is 10.1 Å². The van der Waals surface area contributed by atoms with Crippen molar-refractivity contribution < 1.29 is 14.0 Å². The van der Waals surface area contributed by atoms with Gasteiger partial charge in [-0.15, -0.1) is 10.2 Å². The summed E-state index contributed by atoms with van der Waals surface area (Å²) in [6.07, 6.45) is 0.604. The Bertz CT molecular complexity index is 792. The maximum atomic E-state index is 13.0. The molecule has 27 heavy (non-hydrogen) atoms. The number of amides is 2. The second kappa shape index (κ2) is 9.50. The van der Waals surface area contributed by atoms with E-state index in [4.69, 9.17) is 5.73 Å². The van der Waals surface area contributed by atoms with Gasteiger partial charge < -0.3 is 15.6 Å². The molecule has 0 saturated heterocycles. The van der Waals surface area contributed by atoms with Crippen molar-refractivity contribution in [2.45, 2.75) is 50.6 Å². The van der Waals surface area contributed by atoms with Crippen LogP contribution in [0.5, 0.6) is 0 Å². The monoisotopic (exact) mass is 393 g/mol. The second-order valence-electron chi connectivity index (χ2n) is 6.63. The fraction of sp³-hybridized carbons (Fsp3) is 0.444. The molecule has 2 amide bonds. The van der Waals surface area contributed by atoms with Crippen molar-refractivity contribution in [2.75, 3.05) is 5.32 Å². The van der Waals surface area contributed by atoms with Crippen LogP contribution in [0.15, 0.2) is 29.4 Å². The van der Waals surface area contributed by atoms with Gasteiger partial charge in [0.1, 0.15) is 11.6 Å². The number of aryl methyl sites for hydroxylation is 1. The topological polar surface area (TPSA) is 103 Å². The van der Waals surface area contributed by atoms with Crippen LogP contribution in [0.3, 0.4) is 0 Å². The minimum Gasteiger partial charge on any atom is -0.370 e. The first kappa shape index (κ1) is 20.9. The zero-order valence-electron chi connectivity index (χ0n) is 15.6. The lowest BCUT2D eigenvalue weighted by atomic mass is 10.2. The minimum atomic E-state index is -0.436. The Labute approximate surface area is 161 Å². The molecule has 2 aromatic rings. The molecule has 0 bridgehead atoms. The zero-order chi connectivity index (χ0) is 20.0. The van der Waals surface area contributed by atoms with Gasteiger partial charge in [0.25, 0.3) is 0 Å². The van der Waals surface area contributed by atoms with Crippen molar-refractivity contribution in [3.05, 3.63) is 35.9 Å². The standard InChI is InChI=1S/C18H24FN5O2S/c1-11(2)10-24-16(9-8-15(20)25)22-23-18(24)27-12(3)17(26)21-14-6-4-13(19)5-7-14/h4-7,11-12H,8-10H2,1-3H3,(H2,20,25)(H,21,26)/t12-/m0/s1. The number of nitrogens with zero attached hydrogens (tertiary/aromatic N) is 3. The van der Waals surface area contributed by atoms with Crippen LogP contribution < -0.4 is 11.1 Å². The number of hydrogen-bond acceptors (Lipinski definition) is 5. The van der Waals surface area contributed by atoms with Gasteiger partial charge in [0.2, 0.25) is 11.8 Å². The molecule has 1 aromatic carbocycles. The molecule has 0 saturated carbocycles. The second-order valence-corrected chi connectivity index (χ2v) is 7.93. The van der Waals surface area contributed by atoms with Crippen LogP contribution in [0.25, 0.3) is 0 Å². The summed E-state index contributed by atoms with van der Waals surface area (Å²) >= 11 is 1.28. The molecule has 1 heterocycles. The number of carbonyl (C=O) groups excluding carboxylic acids is 2. The minimum absolute atomic E-state index is 0.196. The predicted molar refractivity (Wildman–Crippen MR) is 103 cm³/mol. The number of rotatable bonds is 9. The highest BCUT2D eigenvalue weighted by Gasteiger charge is 2.21. The Balaban J connectivity index is 2.08. The zero-order valence-corrected chi connectivity index (χ0v) is 16.4. The number of hydrogen-bond donors (Lipinski definition) is 2. The maximum absolute atomic E-state index is 13.0. The molecule has 0 spiro atoms. The van der Waals surface area contributed by atoms with E-state index in [2.05, 4.69) is 29.4 Å². The number of anilines is 1. The van der Waals surface area contributed by atoms with Crippen molar-refractivity contribution in [1.29, 1.82) is 0 Å². The highest BCUT2D eigenvalue weighted by atomic mass is 32.2. The highest BCUT2D eigenvalue weighted by molar-refractivity contribution is 8.00. The van der Waals surface area contributed by atoms with Crippen molar-refractivity contribution >= 4 is 29.3 Å². The maximum Gasteiger partial charge on any atom is 0.237 e. The lowest BCUT2D eigenvalue weighted by Gasteiger charge is -2.15. The van der Waals surface area contributed by atoms with Gasteiger partial charge in [-0.25, -0.2) is 4.39 Å². The van der Waals surface area contributed by atoms with Crippen LogP contribution in [0.1, 0.15) is 33.0 Å². The Morgan fingerprint density at radius 1 is 1.22 bits per heavy atom. The first-order chi connectivity index (χ1) is 12.8. The third kappa shape index (κ3) is 6.35. The molecule has 146 valence electrons. The van der Waals surface area contributed by atoms with Crippen LogP contribution in [0.2, 0.25) is 0 Å². The number of aromatic nitrogens is 3. The number of nitrogens with two attached hydrogens (primary N) is 1. The highest BCUT2D eigenvalue weighted by Crippen LogP contribution is 2.25. The van der Waals surface area contributed by atoms with E-state index >= 15 is 0 Å². The van der Waals surface area contributed by atoms with Crippen molar-refractivity contribution in [2.24, 2.45) is 11.7 Å². The van der Waals surface area contributed by atoms with E-state index in [1.807, 2.05) is 4.57 Å². The number of halogens is 1. The van der Waals surface area contributed by atoms with Gasteiger partial charge in [-0.2, -0.15) is 0 Å². The van der Waals surface area contributed by atoms with E-state index in [1.54, 1.807) is 6.92 Å². The summed E-state index contributed by atoms with van der Waals surface area (Å²) in [5.74, 6) is 0.0487. The molecule has 0 radical (unpaired) electrons. The van der Waals surface area contributed by atoms with E-state index in [0.29, 0.717) is 35.6 Å². The van der Waals surface area contributed by atoms with Crippen molar-refractivity contribution in [1.82, 2.24) is 14.8 Å². The summed E-state index contributed by atoms with van der Waals surface area (Å²) in [6, 6.07) is 5.59. The lowest BCUT2D eigenvalue weighted by Crippen LogP contribution is -2.23. The fourth-order valence-corrected chi connectivity index (χ4v) is 3.24. The van der Waals surface area contributed by atoms with E-state index in [1.165, 1.54) is 36.0 Å². The van der Waals surface area contributed by atoms with Gasteiger partial charge >= 0.3 is 0 Å². The number of thioether (sulfide) groups is 1. The molecule has 0 fully saturated rings. The summed E-state index contributed by atoms with van der Waals surface area (Å²) in [7, 11) is 0. The van der Waals surface area contributed by atoms with E-state index in [9.17, 15) is 14.0 Å². The van der Waals surface area contributed by atoms with E-state index in [-0.39, 0.29) is 18.1 Å². The van der Waals surface area contributed by atoms with Crippen LogP contribution in [-0.2, 0) is 22.6 Å². The van der Waals surface area contributed by atoms with Gasteiger partial charge in [0.15, 0.2) is 5.16 Å². The SMILES string of the molecule is CC(C)Cn1c(CCC(N)=O)nnc1S[C@@H](C)C(=O)Nc1ccc(F)cc1. The van der Waals surface area contributed by atoms with Gasteiger partial charge in [-0.3, -0.25) is 9.59 Å². The Kier molecular flexibility index (Phi) is 7.35. The first-order valence-electron chi connectivity index (χ1n) is 8.69. The lowest BCUT2D eigenvalue weighted by molar-refractivity contribution is -0.118. The molecule has 0 aliphatic rings. The Morgan fingerprint density at radius 2 is 1.89 bits per heavy atom. The number of benzene rings is 1. The summed E-state index contributed by atoms with van der Waals surface area (Å²) < 4.78 is 14.9. The molecule has 7 nitrogen and oxygen atoms in total. The average Bonchev–Trinajstić information content (AvgIpc) is 2.96. The van der Waals surface area contributed by atoms with Crippen molar-refractivity contribution in [3.8, 4) is 0 Å². The van der Waals surface area contributed by atoms with E-state index < -0.39 is 11.2 Å². The van der Waals surface area contributed by atoms with Gasteiger partial charge in [-0.05, 0) is 37.1 Å². The molecule has 9 heteroatoms. The normalized spacial score (nSPS) is 12.2. The number of carbonyl (C=O) groups is 2. The van der Waals surface area contributed by atoms with Crippen LogP contribution >= 0.6 is 11.8 Å². The Hall–Kier alpha value is -2.42. The summed E-state index contributed by atoms with van der Waals surface area (Å²) in [5, 5.41) is 11.3. The van der Waals surface area contributed by atoms with Crippen LogP contribution in [0, 0.1) is 11.7 Å². The van der Waals surface area contributed by atoms with Crippen molar-refractivity contribution in [3.63, 3.8) is 0 Å². The van der Waals surface area contributed by atoms with Gasteiger partial charge in [0, 0.05) is 25.1 Å². The third-order valence-corrected chi connectivity index (χ3v) is 4.78. The summed E-state index contributed by atoms with van der Waals surface area (Å²) in [4.78, 5) is 23.5. The molecular weight excluding hydrogens is 369 g/mol. The molecule has 1 aromatic heterocycles. The molecule has 1 atom stereocenters.